The Balaban J connectivity index is 1.51. The van der Waals surface area contributed by atoms with Crippen LogP contribution in [0.5, 0.6) is 34.5 Å². The molecule has 3 aromatic heterocycles. The van der Waals surface area contributed by atoms with Crippen LogP contribution in [0.4, 0.5) is 0 Å². The number of aryl methyl sites for hydroxylation is 1. The first-order valence-corrected chi connectivity index (χ1v) is 17.4. The fraction of sp³-hybridized carbons (Fsp3) is 0.0222. The largest absolute Gasteiger partial charge is 0.508 e. The number of H-pyrrole nitrogens is 2. The highest BCUT2D eigenvalue weighted by Crippen LogP contribution is 2.44. The van der Waals surface area contributed by atoms with E-state index in [-0.39, 0.29) is 40.1 Å². The second kappa shape index (κ2) is 12.7. The number of nitrogens with one attached hydrogen (secondary N) is 2. The lowest BCUT2D eigenvalue weighted by molar-refractivity contribution is 0.450. The Morgan fingerprint density at radius 3 is 1.16 bits per heavy atom. The van der Waals surface area contributed by atoms with Gasteiger partial charge in [-0.25, -0.2) is 9.97 Å². The van der Waals surface area contributed by atoms with E-state index in [1.54, 1.807) is 18.2 Å². The number of hydrogen-bond donors (Lipinski definition) is 8. The maximum Gasteiger partial charge on any atom is 0.127 e. The van der Waals surface area contributed by atoms with Gasteiger partial charge in [0.25, 0.3) is 0 Å². The van der Waals surface area contributed by atoms with Gasteiger partial charge in [-0.1, -0.05) is 35.9 Å². The lowest BCUT2D eigenvalue weighted by Crippen LogP contribution is -1.90. The smallest absolute Gasteiger partial charge is 0.127 e. The summed E-state index contributed by atoms with van der Waals surface area (Å²) in [5.41, 5.74) is 9.92. The van der Waals surface area contributed by atoms with Crippen molar-refractivity contribution in [3.63, 3.8) is 0 Å². The number of benzene rings is 4. The van der Waals surface area contributed by atoms with Gasteiger partial charge in [0.15, 0.2) is 0 Å². The van der Waals surface area contributed by atoms with Crippen molar-refractivity contribution in [3.05, 3.63) is 131 Å². The van der Waals surface area contributed by atoms with Crippen LogP contribution in [0, 0.1) is 6.92 Å². The summed E-state index contributed by atoms with van der Waals surface area (Å²) >= 11 is 0. The van der Waals surface area contributed by atoms with E-state index in [4.69, 9.17) is 9.97 Å². The third-order valence-corrected chi connectivity index (χ3v) is 9.75. The number of hydrogen-bond acceptors (Lipinski definition) is 8. The van der Waals surface area contributed by atoms with Crippen molar-refractivity contribution < 1.29 is 30.6 Å². The minimum Gasteiger partial charge on any atom is -0.508 e. The molecule has 0 unspecified atom stereocenters. The van der Waals surface area contributed by atoms with E-state index >= 15 is 0 Å². The Kier molecular flexibility index (Phi) is 7.68. The first kappa shape index (κ1) is 33.1. The van der Waals surface area contributed by atoms with Crippen molar-refractivity contribution >= 4 is 46.4 Å². The summed E-state index contributed by atoms with van der Waals surface area (Å²) in [4.78, 5) is 17.3. The molecule has 0 spiro atoms. The van der Waals surface area contributed by atoms with Crippen LogP contribution in [-0.4, -0.2) is 50.6 Å². The van der Waals surface area contributed by atoms with Gasteiger partial charge in [-0.15, -0.1) is 0 Å². The molecule has 9 rings (SSSR count). The molecule has 5 heterocycles. The van der Waals surface area contributed by atoms with Crippen LogP contribution >= 0.6 is 0 Å². The predicted molar refractivity (Wildman–Crippen MR) is 215 cm³/mol. The van der Waals surface area contributed by atoms with Crippen LogP contribution in [0.3, 0.4) is 0 Å². The summed E-state index contributed by atoms with van der Waals surface area (Å²) in [6, 6.07) is 28.8. The van der Waals surface area contributed by atoms with Gasteiger partial charge >= 0.3 is 0 Å². The van der Waals surface area contributed by atoms with Gasteiger partial charge in [-0.2, -0.15) is 0 Å². The molecule has 10 nitrogen and oxygen atoms in total. The van der Waals surface area contributed by atoms with Gasteiger partial charge < -0.3 is 40.6 Å². The number of phenolic OH excluding ortho intramolecular Hbond substituents is 6. The van der Waals surface area contributed by atoms with Crippen LogP contribution in [0.1, 0.15) is 28.3 Å². The Hall–Kier alpha value is -7.72. The van der Waals surface area contributed by atoms with E-state index in [9.17, 15) is 30.6 Å². The molecule has 268 valence electrons. The summed E-state index contributed by atoms with van der Waals surface area (Å²) in [5, 5.41) is 64.8. The fourth-order valence-electron chi connectivity index (χ4n) is 7.36. The molecule has 0 radical (unpaired) electrons. The first-order valence-electron chi connectivity index (χ1n) is 17.4. The zero-order chi connectivity index (χ0) is 38.0. The number of fused-ring (bicyclic) bond motifs is 8. The summed E-state index contributed by atoms with van der Waals surface area (Å²) < 4.78 is 0. The molecule has 0 fully saturated rings. The van der Waals surface area contributed by atoms with Crippen LogP contribution < -0.4 is 0 Å². The first-order chi connectivity index (χ1) is 26.6. The quantitative estimate of drug-likeness (QED) is 0.0883. The van der Waals surface area contributed by atoms with Gasteiger partial charge in [-0.05, 0) is 109 Å². The zero-order valence-corrected chi connectivity index (χ0v) is 29.2. The second-order valence-electron chi connectivity index (χ2n) is 13.5. The monoisotopic (exact) mass is 724 g/mol. The molecule has 0 amide bonds. The number of aromatic hydroxyl groups is 6. The topological polar surface area (TPSA) is 179 Å². The minimum absolute atomic E-state index is 0.127. The molecular weight excluding hydrogens is 693 g/mol. The molecule has 55 heavy (non-hydrogen) atoms. The van der Waals surface area contributed by atoms with Crippen molar-refractivity contribution in [2.45, 2.75) is 6.92 Å². The maximum atomic E-state index is 11.2. The molecule has 0 atom stereocenters. The molecule has 8 bridgehead atoms. The zero-order valence-electron chi connectivity index (χ0n) is 29.2. The Morgan fingerprint density at radius 1 is 0.382 bits per heavy atom. The second-order valence-corrected chi connectivity index (χ2v) is 13.5. The molecule has 10 heteroatoms. The standard InChI is InChI=1S/C45H32N4O6/c1-23-5-7-24(8-6-23)41-31-9-10-33(46-31)42(25-17-27(50)21-28(51)18-25)34-11-12-35(47-34)43(26-19-29(52)22-30(53)20-26)36-14-16-38(49-36)44(37-15-13-32(41)48-37)45-39(54)3-2-4-40(45)55/h2-22,46,49-55H,1H3. The molecule has 0 saturated heterocycles. The molecule has 0 saturated carbocycles. The van der Waals surface area contributed by atoms with Gasteiger partial charge in [0.1, 0.15) is 34.5 Å². The number of aromatic amines is 2. The van der Waals surface area contributed by atoms with E-state index in [2.05, 4.69) is 9.97 Å². The van der Waals surface area contributed by atoms with Crippen LogP contribution in [-0.2, 0) is 0 Å². The predicted octanol–water partition coefficient (Wildman–Crippen LogP) is 9.87. The molecule has 7 aromatic rings. The highest BCUT2D eigenvalue weighted by molar-refractivity contribution is 6.01. The van der Waals surface area contributed by atoms with Crippen molar-refractivity contribution in [2.75, 3.05) is 0 Å². The van der Waals surface area contributed by atoms with E-state index in [0.717, 1.165) is 22.2 Å². The highest BCUT2D eigenvalue weighted by atomic mass is 16.3. The molecular formula is C45H32N4O6. The third kappa shape index (κ3) is 5.87. The van der Waals surface area contributed by atoms with Crippen LogP contribution in [0.25, 0.3) is 90.9 Å². The van der Waals surface area contributed by atoms with E-state index in [0.29, 0.717) is 67.1 Å². The summed E-state index contributed by atoms with van der Waals surface area (Å²) in [7, 11) is 0. The molecule has 8 N–H and O–H groups in total. The Morgan fingerprint density at radius 2 is 0.745 bits per heavy atom. The molecule has 2 aliphatic heterocycles. The van der Waals surface area contributed by atoms with E-state index in [1.807, 2.05) is 79.8 Å². The average Bonchev–Trinajstić information content (AvgIpc) is 3.97. The summed E-state index contributed by atoms with van der Waals surface area (Å²) in [5.74, 6) is -0.861. The van der Waals surface area contributed by atoms with Crippen molar-refractivity contribution in [1.29, 1.82) is 0 Å². The van der Waals surface area contributed by atoms with Gasteiger partial charge in [0.05, 0.1) is 28.3 Å². The Bertz CT molecular complexity index is 2900. The van der Waals surface area contributed by atoms with Gasteiger partial charge in [0.2, 0.25) is 0 Å². The van der Waals surface area contributed by atoms with Gasteiger partial charge in [0, 0.05) is 56.5 Å². The van der Waals surface area contributed by atoms with Crippen molar-refractivity contribution in [3.8, 4) is 79.0 Å². The lowest BCUT2D eigenvalue weighted by Gasteiger charge is -2.09. The SMILES string of the molecule is Cc1ccc(-c2c3nc(c(-c4c(O)cccc4O)c4ccc([nH]4)c(-c4cc(O)cc(O)c4)c4nc(c(-c5cc(O)cc(O)c5)c5ccc2[nH]5)C=C4)C=C3)cc1. The van der Waals surface area contributed by atoms with Crippen molar-refractivity contribution in [1.82, 2.24) is 19.9 Å². The molecule has 0 aliphatic carbocycles. The van der Waals surface area contributed by atoms with E-state index in [1.165, 1.54) is 36.4 Å². The van der Waals surface area contributed by atoms with E-state index < -0.39 is 0 Å². The third-order valence-electron chi connectivity index (χ3n) is 9.75. The van der Waals surface area contributed by atoms with Crippen molar-refractivity contribution in [2.24, 2.45) is 0 Å². The number of rotatable bonds is 4. The summed E-state index contributed by atoms with van der Waals surface area (Å²) in [6.07, 6.45) is 7.36. The Labute approximate surface area is 313 Å². The number of aromatic nitrogens is 4. The lowest BCUT2D eigenvalue weighted by atomic mass is 10.0. The normalized spacial score (nSPS) is 12.0. The highest BCUT2D eigenvalue weighted by Gasteiger charge is 2.22. The minimum atomic E-state index is -0.157. The van der Waals surface area contributed by atoms with Crippen LogP contribution in [0.2, 0.25) is 0 Å². The number of phenols is 6. The number of nitrogens with zero attached hydrogens (tertiary/aromatic N) is 2. The fourth-order valence-corrected chi connectivity index (χ4v) is 7.36. The van der Waals surface area contributed by atoms with Gasteiger partial charge in [-0.3, -0.25) is 0 Å². The maximum absolute atomic E-state index is 11.2. The summed E-state index contributed by atoms with van der Waals surface area (Å²) in [6.45, 7) is 2.02. The average molecular weight is 725 g/mol. The molecule has 2 aliphatic rings. The molecule has 4 aromatic carbocycles. The van der Waals surface area contributed by atoms with Crippen LogP contribution in [0.15, 0.2) is 103 Å².